The normalized spacial score (nSPS) is 15.1. The number of alkyl halides is 1. The molecule has 0 aromatic heterocycles. The highest BCUT2D eigenvalue weighted by Gasteiger charge is 2.15. The van der Waals surface area contributed by atoms with Crippen LogP contribution in [0.5, 0.6) is 0 Å². The Labute approximate surface area is 130 Å². The molecule has 1 aliphatic carbocycles. The minimum atomic E-state index is 0.309. The fourth-order valence-corrected chi connectivity index (χ4v) is 3.67. The second kappa shape index (κ2) is 6.13. The van der Waals surface area contributed by atoms with Gasteiger partial charge in [-0.15, -0.1) is 0 Å². The first-order valence-electron chi connectivity index (χ1n) is 7.62. The second-order valence-corrected chi connectivity index (χ2v) is 6.65. The first-order chi connectivity index (χ1) is 9.78. The van der Waals surface area contributed by atoms with E-state index in [0.717, 1.165) is 0 Å². The molecule has 1 unspecified atom stereocenters. The van der Waals surface area contributed by atoms with Crippen molar-refractivity contribution in [1.82, 2.24) is 0 Å². The van der Waals surface area contributed by atoms with E-state index in [2.05, 4.69) is 65.3 Å². The van der Waals surface area contributed by atoms with E-state index >= 15 is 0 Å². The molecule has 0 heterocycles. The molecule has 3 rings (SSSR count). The van der Waals surface area contributed by atoms with Crippen LogP contribution in [-0.2, 0) is 19.3 Å². The third kappa shape index (κ3) is 2.83. The number of aryl methyl sites for hydroxylation is 3. The zero-order valence-electron chi connectivity index (χ0n) is 12.0. The van der Waals surface area contributed by atoms with Gasteiger partial charge in [0, 0.05) is 0 Å². The number of hydrogen-bond donors (Lipinski definition) is 0. The smallest absolute Gasteiger partial charge is 0.0644 e. The number of rotatable bonds is 4. The second-order valence-electron chi connectivity index (χ2n) is 5.74. The highest BCUT2D eigenvalue weighted by Crippen LogP contribution is 2.34. The molecule has 20 heavy (non-hydrogen) atoms. The summed E-state index contributed by atoms with van der Waals surface area (Å²) in [5.41, 5.74) is 7.27. The van der Waals surface area contributed by atoms with Crippen molar-refractivity contribution in [3.63, 3.8) is 0 Å². The van der Waals surface area contributed by atoms with Crippen LogP contribution in [-0.4, -0.2) is 0 Å². The Kier molecular flexibility index (Phi) is 4.26. The van der Waals surface area contributed by atoms with Crippen LogP contribution in [0.2, 0.25) is 0 Å². The zero-order chi connectivity index (χ0) is 13.9. The van der Waals surface area contributed by atoms with Gasteiger partial charge in [0.1, 0.15) is 0 Å². The van der Waals surface area contributed by atoms with Crippen LogP contribution < -0.4 is 0 Å². The number of fused-ring (bicyclic) bond motifs is 1. The summed E-state index contributed by atoms with van der Waals surface area (Å²) in [6.45, 7) is 2.23. The van der Waals surface area contributed by atoms with Gasteiger partial charge in [0.05, 0.1) is 4.83 Å². The van der Waals surface area contributed by atoms with Gasteiger partial charge in [0.2, 0.25) is 0 Å². The first-order valence-corrected chi connectivity index (χ1v) is 8.54. The molecule has 2 aromatic carbocycles. The van der Waals surface area contributed by atoms with Crippen molar-refractivity contribution in [2.45, 2.75) is 43.9 Å². The summed E-state index contributed by atoms with van der Waals surface area (Å²) in [4.78, 5) is 0.309. The lowest BCUT2D eigenvalue weighted by molar-refractivity contribution is 0.911. The molecular formula is C19H21Br. The fourth-order valence-electron chi connectivity index (χ4n) is 3.08. The Bertz CT molecular complexity index is 583. The van der Waals surface area contributed by atoms with Gasteiger partial charge >= 0.3 is 0 Å². The molecule has 2 aromatic rings. The maximum atomic E-state index is 3.87. The molecule has 1 atom stereocenters. The van der Waals surface area contributed by atoms with Crippen molar-refractivity contribution in [3.05, 3.63) is 70.3 Å². The quantitative estimate of drug-likeness (QED) is 0.639. The van der Waals surface area contributed by atoms with Crippen molar-refractivity contribution in [2.75, 3.05) is 0 Å². The van der Waals surface area contributed by atoms with Gasteiger partial charge in [-0.25, -0.2) is 0 Å². The summed E-state index contributed by atoms with van der Waals surface area (Å²) in [6.07, 6.45) is 6.21. The Morgan fingerprint density at radius 3 is 2.40 bits per heavy atom. The van der Waals surface area contributed by atoms with Gasteiger partial charge in [-0.1, -0.05) is 71.7 Å². The van der Waals surface area contributed by atoms with Gasteiger partial charge in [0.15, 0.2) is 0 Å². The van der Waals surface area contributed by atoms with Gasteiger partial charge < -0.3 is 0 Å². The highest BCUT2D eigenvalue weighted by atomic mass is 79.9. The van der Waals surface area contributed by atoms with Crippen molar-refractivity contribution in [3.8, 4) is 0 Å². The van der Waals surface area contributed by atoms with E-state index in [0.29, 0.717) is 4.83 Å². The molecule has 104 valence electrons. The number of hydrogen-bond acceptors (Lipinski definition) is 0. The lowest BCUT2D eigenvalue weighted by Gasteiger charge is -2.13. The van der Waals surface area contributed by atoms with Crippen molar-refractivity contribution in [2.24, 2.45) is 0 Å². The first kappa shape index (κ1) is 13.9. The van der Waals surface area contributed by atoms with Gasteiger partial charge in [0.25, 0.3) is 0 Å². The summed E-state index contributed by atoms with van der Waals surface area (Å²) in [5.74, 6) is 0. The Balaban J connectivity index is 1.82. The molecule has 0 N–H and O–H groups in total. The predicted molar refractivity (Wildman–Crippen MR) is 89.7 cm³/mol. The summed E-state index contributed by atoms with van der Waals surface area (Å²) < 4.78 is 0. The predicted octanol–water partition coefficient (Wildman–Crippen LogP) is 5.61. The van der Waals surface area contributed by atoms with E-state index in [9.17, 15) is 0 Å². The molecule has 0 radical (unpaired) electrons. The molecule has 0 saturated carbocycles. The topological polar surface area (TPSA) is 0 Å². The maximum absolute atomic E-state index is 3.87. The van der Waals surface area contributed by atoms with E-state index in [-0.39, 0.29) is 0 Å². The molecule has 0 fully saturated rings. The molecule has 0 bridgehead atoms. The standard InChI is InChI=1S/C19H21Br/c1-2-4-14-7-9-16(10-8-14)19(20)18-12-11-15-5-3-6-17(15)13-18/h7-13,19H,2-6H2,1H3. The molecule has 0 aliphatic heterocycles. The maximum Gasteiger partial charge on any atom is 0.0644 e. The lowest BCUT2D eigenvalue weighted by atomic mass is 9.99. The Hall–Kier alpha value is -1.08. The van der Waals surface area contributed by atoms with Crippen LogP contribution in [0.3, 0.4) is 0 Å². The van der Waals surface area contributed by atoms with Gasteiger partial charge in [-0.05, 0) is 53.5 Å². The van der Waals surface area contributed by atoms with Crippen LogP contribution in [0, 0.1) is 0 Å². The van der Waals surface area contributed by atoms with E-state index in [4.69, 9.17) is 0 Å². The molecule has 0 nitrogen and oxygen atoms in total. The van der Waals surface area contributed by atoms with E-state index in [1.165, 1.54) is 48.8 Å². The third-order valence-electron chi connectivity index (χ3n) is 4.23. The van der Waals surface area contributed by atoms with Crippen LogP contribution in [0.15, 0.2) is 42.5 Å². The van der Waals surface area contributed by atoms with E-state index in [1.807, 2.05) is 0 Å². The van der Waals surface area contributed by atoms with E-state index in [1.54, 1.807) is 11.1 Å². The SMILES string of the molecule is CCCc1ccc(C(Br)c2ccc3c(c2)CCC3)cc1. The fraction of sp³-hybridized carbons (Fsp3) is 0.368. The Morgan fingerprint density at radius 2 is 1.65 bits per heavy atom. The van der Waals surface area contributed by atoms with Crippen LogP contribution >= 0.6 is 15.9 Å². The highest BCUT2D eigenvalue weighted by molar-refractivity contribution is 9.09. The average Bonchev–Trinajstić information content (AvgIpc) is 2.95. The summed E-state index contributed by atoms with van der Waals surface area (Å²) in [5, 5.41) is 0. The molecular weight excluding hydrogens is 308 g/mol. The van der Waals surface area contributed by atoms with Crippen molar-refractivity contribution in [1.29, 1.82) is 0 Å². The minimum Gasteiger partial charge on any atom is -0.0786 e. The van der Waals surface area contributed by atoms with Crippen molar-refractivity contribution < 1.29 is 0 Å². The molecule has 1 aliphatic rings. The molecule has 0 spiro atoms. The largest absolute Gasteiger partial charge is 0.0786 e. The lowest BCUT2D eigenvalue weighted by Crippen LogP contribution is -1.95. The zero-order valence-corrected chi connectivity index (χ0v) is 13.6. The van der Waals surface area contributed by atoms with E-state index < -0.39 is 0 Å². The van der Waals surface area contributed by atoms with Crippen LogP contribution in [0.4, 0.5) is 0 Å². The molecule has 1 heteroatoms. The Morgan fingerprint density at radius 1 is 0.950 bits per heavy atom. The molecule has 0 amide bonds. The van der Waals surface area contributed by atoms with Crippen molar-refractivity contribution >= 4 is 15.9 Å². The monoisotopic (exact) mass is 328 g/mol. The van der Waals surface area contributed by atoms with Crippen LogP contribution in [0.25, 0.3) is 0 Å². The minimum absolute atomic E-state index is 0.309. The van der Waals surface area contributed by atoms with Gasteiger partial charge in [-0.3, -0.25) is 0 Å². The third-order valence-corrected chi connectivity index (χ3v) is 5.28. The summed E-state index contributed by atoms with van der Waals surface area (Å²) in [6, 6.07) is 16.0. The van der Waals surface area contributed by atoms with Gasteiger partial charge in [-0.2, -0.15) is 0 Å². The average molecular weight is 329 g/mol. The summed E-state index contributed by atoms with van der Waals surface area (Å²) >= 11 is 3.87. The number of halogens is 1. The number of benzene rings is 2. The molecule has 0 saturated heterocycles. The summed E-state index contributed by atoms with van der Waals surface area (Å²) in [7, 11) is 0. The van der Waals surface area contributed by atoms with Crippen LogP contribution in [0.1, 0.15) is 52.4 Å².